The summed E-state index contributed by atoms with van der Waals surface area (Å²) in [6.07, 6.45) is 0. The van der Waals surface area contributed by atoms with E-state index in [9.17, 15) is 10.2 Å². The van der Waals surface area contributed by atoms with E-state index in [-0.39, 0.29) is 11.5 Å². The van der Waals surface area contributed by atoms with Crippen molar-refractivity contribution in [2.24, 2.45) is 0 Å². The van der Waals surface area contributed by atoms with Gasteiger partial charge in [-0.1, -0.05) is 96.6 Å². The SMILES string of the molecule is Cc1ccccc1.Oc1ccc2ccccc2c1-c1c(O)ccc2ccccc12. The molecule has 0 heterocycles. The summed E-state index contributed by atoms with van der Waals surface area (Å²) in [5, 5.41) is 24.8. The number of hydrogen-bond donors (Lipinski definition) is 2. The Kier molecular flexibility index (Phi) is 5.17. The van der Waals surface area contributed by atoms with E-state index >= 15 is 0 Å². The summed E-state index contributed by atoms with van der Waals surface area (Å²) in [5.41, 5.74) is 2.67. The first-order chi connectivity index (χ1) is 14.1. The highest BCUT2D eigenvalue weighted by atomic mass is 16.3. The summed E-state index contributed by atoms with van der Waals surface area (Å²) >= 11 is 0. The number of aryl methyl sites for hydroxylation is 1. The van der Waals surface area contributed by atoms with Gasteiger partial charge in [-0.2, -0.15) is 0 Å². The molecule has 2 heteroatoms. The molecule has 0 saturated carbocycles. The molecule has 0 radical (unpaired) electrons. The van der Waals surface area contributed by atoms with Gasteiger partial charge in [0.05, 0.1) is 0 Å². The van der Waals surface area contributed by atoms with Crippen molar-refractivity contribution in [1.29, 1.82) is 0 Å². The van der Waals surface area contributed by atoms with Gasteiger partial charge in [-0.15, -0.1) is 0 Å². The van der Waals surface area contributed by atoms with Crippen molar-refractivity contribution >= 4 is 21.5 Å². The maximum atomic E-state index is 10.4. The van der Waals surface area contributed by atoms with Gasteiger partial charge in [0.1, 0.15) is 11.5 Å². The van der Waals surface area contributed by atoms with Gasteiger partial charge in [-0.25, -0.2) is 0 Å². The largest absolute Gasteiger partial charge is 0.507 e. The van der Waals surface area contributed by atoms with Gasteiger partial charge in [0.15, 0.2) is 0 Å². The summed E-state index contributed by atoms with van der Waals surface area (Å²) in [6, 6.07) is 33.1. The lowest BCUT2D eigenvalue weighted by Gasteiger charge is -2.14. The summed E-state index contributed by atoms with van der Waals surface area (Å²) < 4.78 is 0. The molecule has 29 heavy (non-hydrogen) atoms. The second-order valence-electron chi connectivity index (χ2n) is 7.02. The fraction of sp³-hybridized carbons (Fsp3) is 0.0370. The number of rotatable bonds is 1. The number of aromatic hydroxyl groups is 2. The van der Waals surface area contributed by atoms with Crippen molar-refractivity contribution in [2.45, 2.75) is 6.92 Å². The molecule has 0 fully saturated rings. The van der Waals surface area contributed by atoms with E-state index in [0.717, 1.165) is 21.5 Å². The Morgan fingerprint density at radius 3 is 1.28 bits per heavy atom. The van der Waals surface area contributed by atoms with E-state index in [2.05, 4.69) is 19.1 Å². The van der Waals surface area contributed by atoms with Crippen LogP contribution in [0, 0.1) is 6.92 Å². The Hall–Kier alpha value is -3.78. The quantitative estimate of drug-likeness (QED) is 0.327. The molecule has 0 aliphatic carbocycles. The van der Waals surface area contributed by atoms with Crippen LogP contribution >= 0.6 is 0 Å². The molecule has 0 saturated heterocycles. The maximum absolute atomic E-state index is 10.4. The van der Waals surface area contributed by atoms with Crippen LogP contribution in [-0.2, 0) is 0 Å². The van der Waals surface area contributed by atoms with E-state index in [4.69, 9.17) is 0 Å². The maximum Gasteiger partial charge on any atom is 0.124 e. The molecule has 0 unspecified atom stereocenters. The average Bonchev–Trinajstić information content (AvgIpc) is 2.75. The molecule has 0 atom stereocenters. The molecule has 2 N–H and O–H groups in total. The summed E-state index contributed by atoms with van der Waals surface area (Å²) in [7, 11) is 0. The third kappa shape index (κ3) is 3.78. The van der Waals surface area contributed by atoms with Gasteiger partial charge >= 0.3 is 0 Å². The molecule has 2 nitrogen and oxygen atoms in total. The molecule has 0 aliphatic heterocycles. The van der Waals surface area contributed by atoms with Crippen molar-refractivity contribution < 1.29 is 10.2 Å². The molecule has 0 bridgehead atoms. The molecule has 0 aliphatic rings. The van der Waals surface area contributed by atoms with Crippen LogP contribution in [0.5, 0.6) is 11.5 Å². The van der Waals surface area contributed by atoms with Gasteiger partial charge < -0.3 is 10.2 Å². The molecule has 5 aromatic rings. The minimum Gasteiger partial charge on any atom is -0.507 e. The van der Waals surface area contributed by atoms with Gasteiger partial charge in [-0.05, 0) is 40.6 Å². The minimum atomic E-state index is 0.172. The average molecular weight is 378 g/mol. The van der Waals surface area contributed by atoms with Crippen molar-refractivity contribution in [1.82, 2.24) is 0 Å². The molecule has 5 aromatic carbocycles. The first-order valence-electron chi connectivity index (χ1n) is 9.58. The molecule has 0 spiro atoms. The van der Waals surface area contributed by atoms with Crippen LogP contribution in [-0.4, -0.2) is 10.2 Å². The van der Waals surface area contributed by atoms with Crippen molar-refractivity contribution in [3.8, 4) is 22.6 Å². The zero-order valence-corrected chi connectivity index (χ0v) is 16.2. The lowest BCUT2D eigenvalue weighted by molar-refractivity contribution is 0.470. The number of phenols is 2. The van der Waals surface area contributed by atoms with Crippen LogP contribution in [0.15, 0.2) is 103 Å². The van der Waals surface area contributed by atoms with Crippen molar-refractivity contribution in [3.63, 3.8) is 0 Å². The predicted octanol–water partition coefficient (Wildman–Crippen LogP) is 7.07. The Bertz CT molecular complexity index is 1190. The van der Waals surface area contributed by atoms with Crippen LogP contribution < -0.4 is 0 Å². The minimum absolute atomic E-state index is 0.172. The summed E-state index contributed by atoms with van der Waals surface area (Å²) in [5.74, 6) is 0.343. The smallest absolute Gasteiger partial charge is 0.124 e. The molecule has 0 amide bonds. The Morgan fingerprint density at radius 2 is 0.862 bits per heavy atom. The normalized spacial score (nSPS) is 10.5. The van der Waals surface area contributed by atoms with E-state index < -0.39 is 0 Å². The standard InChI is InChI=1S/C20H14O2.C7H8/c21-17-11-9-13-5-1-3-7-15(13)19(17)20-16-8-4-2-6-14(16)10-12-18(20)22;1-7-5-3-2-4-6-7/h1-12,21-22H;2-6H,1H3. The van der Waals surface area contributed by atoms with Crippen LogP contribution in [0.2, 0.25) is 0 Å². The highest BCUT2D eigenvalue weighted by molar-refractivity contribution is 6.09. The second-order valence-corrected chi connectivity index (χ2v) is 7.02. The Balaban J connectivity index is 0.000000249. The Labute approximate surface area is 170 Å². The lowest BCUT2D eigenvalue weighted by atomic mass is 9.92. The molecular formula is C27H22O2. The van der Waals surface area contributed by atoms with E-state index in [0.29, 0.717) is 11.1 Å². The fourth-order valence-electron chi connectivity index (χ4n) is 3.58. The monoisotopic (exact) mass is 378 g/mol. The molecule has 142 valence electrons. The number of phenolic OH excluding ortho intramolecular Hbond substituents is 2. The lowest BCUT2D eigenvalue weighted by Crippen LogP contribution is -1.86. The third-order valence-corrected chi connectivity index (χ3v) is 5.00. The molecule has 5 rings (SSSR count). The highest BCUT2D eigenvalue weighted by Gasteiger charge is 2.16. The van der Waals surface area contributed by atoms with Crippen molar-refractivity contribution in [3.05, 3.63) is 109 Å². The Morgan fingerprint density at radius 1 is 0.448 bits per heavy atom. The van der Waals surface area contributed by atoms with Gasteiger partial charge in [0, 0.05) is 11.1 Å². The first kappa shape index (κ1) is 18.6. The van der Waals surface area contributed by atoms with E-state index in [1.165, 1.54) is 5.56 Å². The molecule has 0 aromatic heterocycles. The first-order valence-corrected chi connectivity index (χ1v) is 9.58. The topological polar surface area (TPSA) is 40.5 Å². The third-order valence-electron chi connectivity index (χ3n) is 5.00. The number of fused-ring (bicyclic) bond motifs is 2. The van der Waals surface area contributed by atoms with E-state index in [1.54, 1.807) is 12.1 Å². The summed E-state index contributed by atoms with van der Waals surface area (Å²) in [4.78, 5) is 0. The van der Waals surface area contributed by atoms with Gasteiger partial charge in [-0.3, -0.25) is 0 Å². The number of benzene rings is 5. The van der Waals surface area contributed by atoms with Crippen LogP contribution in [0.4, 0.5) is 0 Å². The fourth-order valence-corrected chi connectivity index (χ4v) is 3.58. The zero-order valence-electron chi connectivity index (χ0n) is 16.2. The van der Waals surface area contributed by atoms with Crippen LogP contribution in [0.25, 0.3) is 32.7 Å². The van der Waals surface area contributed by atoms with Crippen molar-refractivity contribution in [2.75, 3.05) is 0 Å². The predicted molar refractivity (Wildman–Crippen MR) is 121 cm³/mol. The second kappa shape index (κ2) is 8.07. The zero-order chi connectivity index (χ0) is 20.2. The summed E-state index contributed by atoms with van der Waals surface area (Å²) in [6.45, 7) is 2.08. The highest BCUT2D eigenvalue weighted by Crippen LogP contribution is 2.44. The van der Waals surface area contributed by atoms with E-state index in [1.807, 2.05) is 78.9 Å². The van der Waals surface area contributed by atoms with Crippen LogP contribution in [0.3, 0.4) is 0 Å². The van der Waals surface area contributed by atoms with Crippen LogP contribution in [0.1, 0.15) is 5.56 Å². The van der Waals surface area contributed by atoms with Gasteiger partial charge in [0.25, 0.3) is 0 Å². The van der Waals surface area contributed by atoms with Gasteiger partial charge in [0.2, 0.25) is 0 Å². The molecular weight excluding hydrogens is 356 g/mol. The number of hydrogen-bond acceptors (Lipinski definition) is 2.